The summed E-state index contributed by atoms with van der Waals surface area (Å²) in [5.41, 5.74) is 1.92. The summed E-state index contributed by atoms with van der Waals surface area (Å²) in [4.78, 5) is 27.1. The fourth-order valence-corrected chi connectivity index (χ4v) is 3.09. The molecule has 30 heavy (non-hydrogen) atoms. The number of nitrogens with zero attached hydrogens (tertiary/aromatic N) is 1. The summed E-state index contributed by atoms with van der Waals surface area (Å²) in [5, 5.41) is 2.86. The summed E-state index contributed by atoms with van der Waals surface area (Å²) in [7, 11) is 1.60. The number of aryl methyl sites for hydroxylation is 1. The lowest BCUT2D eigenvalue weighted by Gasteiger charge is -2.28. The number of benzene rings is 2. The summed E-state index contributed by atoms with van der Waals surface area (Å²) < 4.78 is 11.9. The second-order valence-electron chi connectivity index (χ2n) is 7.04. The molecule has 7 heteroatoms. The van der Waals surface area contributed by atoms with Gasteiger partial charge in [-0.05, 0) is 61.7 Å². The highest BCUT2D eigenvalue weighted by atomic mass is 79.9. The third kappa shape index (κ3) is 6.76. The summed E-state index contributed by atoms with van der Waals surface area (Å²) in [6.07, 6.45) is 0.830. The minimum absolute atomic E-state index is 0.150. The van der Waals surface area contributed by atoms with Crippen molar-refractivity contribution in [1.29, 1.82) is 0 Å². The summed E-state index contributed by atoms with van der Waals surface area (Å²) in [5.74, 6) is 0.902. The van der Waals surface area contributed by atoms with E-state index in [1.807, 2.05) is 50.2 Å². The second-order valence-corrected chi connectivity index (χ2v) is 7.89. The van der Waals surface area contributed by atoms with E-state index in [4.69, 9.17) is 9.47 Å². The van der Waals surface area contributed by atoms with Gasteiger partial charge in [-0.3, -0.25) is 9.59 Å². The van der Waals surface area contributed by atoms with Gasteiger partial charge in [-0.1, -0.05) is 35.0 Å². The molecule has 2 aromatic rings. The zero-order valence-corrected chi connectivity index (χ0v) is 19.5. The van der Waals surface area contributed by atoms with Crippen LogP contribution >= 0.6 is 15.9 Å². The van der Waals surface area contributed by atoms with Crippen LogP contribution in [0.3, 0.4) is 0 Å². The Hall–Kier alpha value is -2.54. The molecule has 0 saturated carbocycles. The number of methoxy groups -OCH3 is 1. The lowest BCUT2D eigenvalue weighted by molar-refractivity contribution is -0.142. The third-order valence-electron chi connectivity index (χ3n) is 4.72. The van der Waals surface area contributed by atoms with E-state index in [0.29, 0.717) is 18.8 Å². The zero-order chi connectivity index (χ0) is 22.1. The van der Waals surface area contributed by atoms with Crippen LogP contribution in [-0.2, 0) is 16.1 Å². The van der Waals surface area contributed by atoms with Crippen molar-refractivity contribution in [2.24, 2.45) is 0 Å². The maximum absolute atomic E-state index is 13.0. The van der Waals surface area contributed by atoms with Crippen LogP contribution in [0.25, 0.3) is 0 Å². The van der Waals surface area contributed by atoms with Crippen molar-refractivity contribution >= 4 is 27.7 Å². The molecule has 1 unspecified atom stereocenters. The standard InChI is InChI=1S/C23H29BrN2O4/c1-5-12-25-23(28)17(3)26(14-18-6-8-19(29-4)9-7-18)22(27)15-30-20-10-11-21(24)16(2)13-20/h6-11,13,17H,5,12,14-15H2,1-4H3,(H,25,28). The molecule has 0 bridgehead atoms. The number of halogens is 1. The van der Waals surface area contributed by atoms with Crippen LogP contribution in [0.15, 0.2) is 46.9 Å². The van der Waals surface area contributed by atoms with Gasteiger partial charge in [0.1, 0.15) is 17.5 Å². The Kier molecular flexibility index (Phi) is 9.17. The monoisotopic (exact) mass is 476 g/mol. The average molecular weight is 477 g/mol. The van der Waals surface area contributed by atoms with Crippen LogP contribution < -0.4 is 14.8 Å². The maximum atomic E-state index is 13.0. The number of ether oxygens (including phenoxy) is 2. The number of rotatable bonds is 10. The van der Waals surface area contributed by atoms with Crippen LogP contribution in [0, 0.1) is 6.92 Å². The van der Waals surface area contributed by atoms with Crippen LogP contribution in [0.4, 0.5) is 0 Å². The number of amides is 2. The molecule has 1 atom stereocenters. The highest BCUT2D eigenvalue weighted by Crippen LogP contribution is 2.22. The molecule has 0 aliphatic rings. The minimum atomic E-state index is -0.624. The van der Waals surface area contributed by atoms with E-state index in [2.05, 4.69) is 21.2 Å². The number of hydrogen-bond acceptors (Lipinski definition) is 4. The van der Waals surface area contributed by atoms with Crippen LogP contribution in [0.2, 0.25) is 0 Å². The van der Waals surface area contributed by atoms with E-state index in [9.17, 15) is 9.59 Å². The van der Waals surface area contributed by atoms with Crippen LogP contribution in [0.1, 0.15) is 31.4 Å². The van der Waals surface area contributed by atoms with E-state index in [1.165, 1.54) is 0 Å². The molecule has 6 nitrogen and oxygen atoms in total. The topological polar surface area (TPSA) is 67.9 Å². The van der Waals surface area contributed by atoms with Crippen LogP contribution in [-0.4, -0.2) is 43.0 Å². The van der Waals surface area contributed by atoms with Crippen molar-refractivity contribution < 1.29 is 19.1 Å². The predicted octanol–water partition coefficient (Wildman–Crippen LogP) is 4.09. The number of carbonyl (C=O) groups is 2. The van der Waals surface area contributed by atoms with Gasteiger partial charge in [-0.15, -0.1) is 0 Å². The third-order valence-corrected chi connectivity index (χ3v) is 5.61. The van der Waals surface area contributed by atoms with E-state index in [-0.39, 0.29) is 18.4 Å². The molecule has 2 rings (SSSR count). The lowest BCUT2D eigenvalue weighted by Crippen LogP contribution is -2.49. The molecular formula is C23H29BrN2O4. The number of nitrogens with one attached hydrogen (secondary N) is 1. The average Bonchev–Trinajstić information content (AvgIpc) is 2.76. The van der Waals surface area contributed by atoms with Gasteiger partial charge in [0, 0.05) is 17.6 Å². The van der Waals surface area contributed by atoms with Gasteiger partial charge in [-0.2, -0.15) is 0 Å². The normalized spacial score (nSPS) is 11.5. The molecule has 162 valence electrons. The number of carbonyl (C=O) groups excluding carboxylic acids is 2. The van der Waals surface area contributed by atoms with Crippen molar-refractivity contribution in [3.63, 3.8) is 0 Å². The largest absolute Gasteiger partial charge is 0.497 e. The zero-order valence-electron chi connectivity index (χ0n) is 17.9. The second kappa shape index (κ2) is 11.6. The first-order valence-corrected chi connectivity index (χ1v) is 10.7. The summed E-state index contributed by atoms with van der Waals surface area (Å²) >= 11 is 3.45. The SMILES string of the molecule is CCCNC(=O)C(C)N(Cc1ccc(OC)cc1)C(=O)COc1ccc(Br)c(C)c1. The highest BCUT2D eigenvalue weighted by molar-refractivity contribution is 9.10. The fraction of sp³-hybridized carbons (Fsp3) is 0.391. The Morgan fingerprint density at radius 2 is 1.80 bits per heavy atom. The molecule has 0 fully saturated rings. The van der Waals surface area contributed by atoms with Crippen molar-refractivity contribution in [1.82, 2.24) is 10.2 Å². The molecule has 0 aliphatic heterocycles. The van der Waals surface area contributed by atoms with Crippen molar-refractivity contribution in [3.8, 4) is 11.5 Å². The molecule has 2 aromatic carbocycles. The van der Waals surface area contributed by atoms with Gasteiger partial charge in [0.25, 0.3) is 5.91 Å². The van der Waals surface area contributed by atoms with Gasteiger partial charge in [0.2, 0.25) is 5.91 Å². The molecule has 0 spiro atoms. The van der Waals surface area contributed by atoms with Gasteiger partial charge < -0.3 is 19.7 Å². The molecule has 0 heterocycles. The minimum Gasteiger partial charge on any atom is -0.497 e. The van der Waals surface area contributed by atoms with E-state index >= 15 is 0 Å². The first-order chi connectivity index (χ1) is 14.3. The van der Waals surface area contributed by atoms with Crippen molar-refractivity contribution in [2.45, 2.75) is 39.8 Å². The van der Waals surface area contributed by atoms with Gasteiger partial charge in [0.05, 0.1) is 7.11 Å². The molecule has 0 radical (unpaired) electrons. The Morgan fingerprint density at radius 3 is 2.40 bits per heavy atom. The molecule has 0 saturated heterocycles. The quantitative estimate of drug-likeness (QED) is 0.560. The Bertz CT molecular complexity index is 855. The molecular weight excluding hydrogens is 448 g/mol. The van der Waals surface area contributed by atoms with Gasteiger partial charge in [0.15, 0.2) is 6.61 Å². The maximum Gasteiger partial charge on any atom is 0.261 e. The molecule has 1 N–H and O–H groups in total. The van der Waals surface area contributed by atoms with Crippen LogP contribution in [0.5, 0.6) is 11.5 Å². The molecule has 2 amide bonds. The Labute approximate surface area is 186 Å². The molecule has 0 aliphatic carbocycles. The lowest BCUT2D eigenvalue weighted by atomic mass is 10.1. The van der Waals surface area contributed by atoms with Crippen molar-refractivity contribution in [3.05, 3.63) is 58.1 Å². The Balaban J connectivity index is 2.13. The first-order valence-electron chi connectivity index (χ1n) is 9.94. The Morgan fingerprint density at radius 1 is 1.13 bits per heavy atom. The van der Waals surface area contributed by atoms with E-state index < -0.39 is 6.04 Å². The number of hydrogen-bond donors (Lipinski definition) is 1. The summed E-state index contributed by atoms with van der Waals surface area (Å²) in [6, 6.07) is 12.4. The summed E-state index contributed by atoms with van der Waals surface area (Å²) in [6.45, 7) is 6.39. The predicted molar refractivity (Wildman–Crippen MR) is 121 cm³/mol. The first kappa shape index (κ1) is 23.7. The smallest absolute Gasteiger partial charge is 0.261 e. The van der Waals surface area contributed by atoms with E-state index in [0.717, 1.165) is 27.8 Å². The highest BCUT2D eigenvalue weighted by Gasteiger charge is 2.26. The fourth-order valence-electron chi connectivity index (χ4n) is 2.84. The molecule has 0 aromatic heterocycles. The van der Waals surface area contributed by atoms with Crippen molar-refractivity contribution in [2.75, 3.05) is 20.3 Å². The van der Waals surface area contributed by atoms with Gasteiger partial charge >= 0.3 is 0 Å². The van der Waals surface area contributed by atoms with E-state index in [1.54, 1.807) is 25.0 Å². The van der Waals surface area contributed by atoms with Gasteiger partial charge in [-0.25, -0.2) is 0 Å².